The van der Waals surface area contributed by atoms with Gasteiger partial charge >= 0.3 is 0 Å². The molecule has 0 atom stereocenters. The Morgan fingerprint density at radius 2 is 1.95 bits per heavy atom. The van der Waals surface area contributed by atoms with E-state index in [1.807, 2.05) is 30.3 Å². The van der Waals surface area contributed by atoms with Crippen LogP contribution in [0.1, 0.15) is 0 Å². The molecule has 0 saturated heterocycles. The Bertz CT molecular complexity index is 628. The third kappa shape index (κ3) is 4.15. The van der Waals surface area contributed by atoms with Crippen molar-refractivity contribution < 1.29 is 0 Å². The zero-order chi connectivity index (χ0) is 13.7. The van der Waals surface area contributed by atoms with E-state index in [0.717, 1.165) is 5.69 Å². The van der Waals surface area contributed by atoms with Crippen LogP contribution in [0.5, 0.6) is 0 Å². The van der Waals surface area contributed by atoms with Crippen LogP contribution in [0.15, 0.2) is 35.3 Å². The molecule has 5 nitrogen and oxygen atoms in total. The van der Waals surface area contributed by atoms with Crippen LogP contribution in [0.4, 0.5) is 5.95 Å². The Labute approximate surface area is 113 Å². The number of aliphatic imine (C=N–C) groups is 1. The number of para-hydroxylation sites is 1. The molecule has 2 aromatic rings. The van der Waals surface area contributed by atoms with Crippen molar-refractivity contribution in [2.45, 2.75) is 19.6 Å². The Kier molecular flexibility index (Phi) is 3.87. The van der Waals surface area contributed by atoms with Crippen molar-refractivity contribution >= 4 is 20.2 Å². The molecule has 0 bridgehead atoms. The lowest BCUT2D eigenvalue weighted by atomic mass is 10.3. The number of aromatic nitrogens is 4. The molecule has 1 aromatic carbocycles. The van der Waals surface area contributed by atoms with Gasteiger partial charge in [-0.05, 0) is 17.3 Å². The van der Waals surface area contributed by atoms with E-state index in [4.69, 9.17) is 0 Å². The Morgan fingerprint density at radius 1 is 1.21 bits per heavy atom. The van der Waals surface area contributed by atoms with E-state index in [2.05, 4.69) is 51.5 Å². The fraction of sp³-hybridized carbons (Fsp3) is 0.231. The molecule has 0 aliphatic carbocycles. The lowest BCUT2D eigenvalue weighted by Crippen LogP contribution is -2.16. The number of tetrazole rings is 1. The molecular formula is C13H15N5Si. The summed E-state index contributed by atoms with van der Waals surface area (Å²) < 4.78 is 0. The van der Waals surface area contributed by atoms with Crippen LogP contribution in [0, 0.1) is 11.5 Å². The van der Waals surface area contributed by atoms with E-state index in [1.165, 1.54) is 11.0 Å². The van der Waals surface area contributed by atoms with E-state index in [-0.39, 0.29) is 0 Å². The summed E-state index contributed by atoms with van der Waals surface area (Å²) in [5.41, 5.74) is 4.04. The second-order valence-electron chi connectivity index (χ2n) is 4.99. The molecule has 96 valence electrons. The zero-order valence-electron chi connectivity index (χ0n) is 11.2. The molecule has 0 N–H and O–H groups in total. The van der Waals surface area contributed by atoms with Crippen LogP contribution in [0.25, 0.3) is 5.69 Å². The van der Waals surface area contributed by atoms with Gasteiger partial charge in [0.1, 0.15) is 8.07 Å². The summed E-state index contributed by atoms with van der Waals surface area (Å²) in [5.74, 6) is 3.24. The molecule has 0 spiro atoms. The minimum Gasteiger partial charge on any atom is -0.208 e. The maximum atomic E-state index is 4.15. The van der Waals surface area contributed by atoms with Crippen LogP contribution in [0.3, 0.4) is 0 Å². The molecule has 0 amide bonds. The predicted molar refractivity (Wildman–Crippen MR) is 78.4 cm³/mol. The van der Waals surface area contributed by atoms with Gasteiger partial charge in [-0.3, -0.25) is 0 Å². The second-order valence-corrected chi connectivity index (χ2v) is 9.74. The van der Waals surface area contributed by atoms with E-state index in [0.29, 0.717) is 5.95 Å². The molecule has 1 heterocycles. The Hall–Kier alpha value is -2.26. The first-order valence-corrected chi connectivity index (χ1v) is 9.45. The van der Waals surface area contributed by atoms with Gasteiger partial charge in [0.15, 0.2) is 0 Å². The van der Waals surface area contributed by atoms with Crippen molar-refractivity contribution in [1.29, 1.82) is 0 Å². The number of nitrogens with zero attached hydrogens (tertiary/aromatic N) is 5. The molecule has 19 heavy (non-hydrogen) atoms. The van der Waals surface area contributed by atoms with Gasteiger partial charge in [-0.25, -0.2) is 4.99 Å². The fourth-order valence-corrected chi connectivity index (χ4v) is 1.77. The molecule has 0 aliphatic heterocycles. The Morgan fingerprint density at radius 3 is 2.63 bits per heavy atom. The highest BCUT2D eigenvalue weighted by atomic mass is 28.3. The molecule has 0 saturated carbocycles. The summed E-state index contributed by atoms with van der Waals surface area (Å²) >= 11 is 0. The quantitative estimate of drug-likeness (QED) is 0.477. The van der Waals surface area contributed by atoms with Gasteiger partial charge in [-0.15, -0.1) is 15.4 Å². The summed E-state index contributed by atoms with van der Waals surface area (Å²) in [6, 6.07) is 9.58. The SMILES string of the molecule is C[Si](C)(C)C#C/C=N/c1nnn(-c2ccccc2)n1. The smallest absolute Gasteiger partial charge is 0.208 e. The summed E-state index contributed by atoms with van der Waals surface area (Å²) in [6.45, 7) is 6.54. The summed E-state index contributed by atoms with van der Waals surface area (Å²) in [4.78, 5) is 5.52. The topological polar surface area (TPSA) is 56.0 Å². The van der Waals surface area contributed by atoms with E-state index in [1.54, 1.807) is 0 Å². The van der Waals surface area contributed by atoms with Crippen LogP contribution < -0.4 is 0 Å². The van der Waals surface area contributed by atoms with Crippen LogP contribution in [-0.4, -0.2) is 34.5 Å². The molecule has 2 rings (SSSR count). The standard InChI is InChI=1S/C13H15N5Si/c1-19(2,3)11-7-10-14-13-15-17-18(16-13)12-8-5-4-6-9-12/h4-6,8-10H,1-3H3/b14-10+. The molecule has 0 unspecified atom stereocenters. The van der Waals surface area contributed by atoms with Gasteiger partial charge in [0.05, 0.1) is 11.9 Å². The number of hydrogen-bond acceptors (Lipinski definition) is 4. The third-order valence-corrected chi connectivity index (χ3v) is 2.98. The number of rotatable bonds is 2. The molecule has 1 aromatic heterocycles. The molecule has 0 aliphatic rings. The highest BCUT2D eigenvalue weighted by molar-refractivity contribution is 6.84. The first kappa shape index (κ1) is 13.2. The first-order chi connectivity index (χ1) is 9.04. The highest BCUT2D eigenvalue weighted by Crippen LogP contribution is 2.05. The number of hydrogen-bond donors (Lipinski definition) is 0. The van der Waals surface area contributed by atoms with Crippen LogP contribution in [-0.2, 0) is 0 Å². The van der Waals surface area contributed by atoms with Crippen molar-refractivity contribution in [3.63, 3.8) is 0 Å². The Balaban J connectivity index is 2.10. The normalized spacial score (nSPS) is 11.3. The maximum Gasteiger partial charge on any atom is 0.290 e. The molecule has 0 radical (unpaired) electrons. The lowest BCUT2D eigenvalue weighted by molar-refractivity contribution is 0.720. The van der Waals surface area contributed by atoms with Gasteiger partial charge < -0.3 is 0 Å². The first-order valence-electron chi connectivity index (χ1n) is 5.95. The maximum absolute atomic E-state index is 4.15. The number of benzene rings is 1. The van der Waals surface area contributed by atoms with Crippen molar-refractivity contribution in [2.75, 3.05) is 0 Å². The van der Waals surface area contributed by atoms with Crippen LogP contribution in [0.2, 0.25) is 19.6 Å². The fourth-order valence-electron chi connectivity index (χ4n) is 1.27. The van der Waals surface area contributed by atoms with E-state index >= 15 is 0 Å². The lowest BCUT2D eigenvalue weighted by Gasteiger charge is -2.01. The van der Waals surface area contributed by atoms with Crippen molar-refractivity contribution in [1.82, 2.24) is 20.2 Å². The average Bonchev–Trinajstić information content (AvgIpc) is 2.83. The summed E-state index contributed by atoms with van der Waals surface area (Å²) in [6.07, 6.45) is 1.53. The van der Waals surface area contributed by atoms with Crippen molar-refractivity contribution in [3.8, 4) is 17.2 Å². The molecule has 6 heteroatoms. The third-order valence-electron chi connectivity index (χ3n) is 2.08. The summed E-state index contributed by atoms with van der Waals surface area (Å²) in [7, 11) is -1.36. The van der Waals surface area contributed by atoms with E-state index in [9.17, 15) is 0 Å². The monoisotopic (exact) mass is 269 g/mol. The van der Waals surface area contributed by atoms with Crippen molar-refractivity contribution in [2.24, 2.45) is 4.99 Å². The molecular weight excluding hydrogens is 254 g/mol. The van der Waals surface area contributed by atoms with Gasteiger partial charge in [-0.2, -0.15) is 0 Å². The highest BCUT2D eigenvalue weighted by Gasteiger charge is 2.06. The average molecular weight is 269 g/mol. The minimum absolute atomic E-state index is 0.314. The van der Waals surface area contributed by atoms with E-state index < -0.39 is 8.07 Å². The van der Waals surface area contributed by atoms with Gasteiger partial charge in [0.25, 0.3) is 5.95 Å². The summed E-state index contributed by atoms with van der Waals surface area (Å²) in [5, 5.41) is 11.9. The van der Waals surface area contributed by atoms with Gasteiger partial charge in [0.2, 0.25) is 0 Å². The second kappa shape index (κ2) is 5.59. The van der Waals surface area contributed by atoms with Gasteiger partial charge in [-0.1, -0.05) is 48.9 Å². The predicted octanol–water partition coefficient (Wildman–Crippen LogP) is 2.25. The molecule has 0 fully saturated rings. The largest absolute Gasteiger partial charge is 0.290 e. The van der Waals surface area contributed by atoms with Gasteiger partial charge in [0, 0.05) is 0 Å². The minimum atomic E-state index is -1.36. The van der Waals surface area contributed by atoms with Crippen molar-refractivity contribution in [3.05, 3.63) is 30.3 Å². The van der Waals surface area contributed by atoms with Crippen LogP contribution >= 0.6 is 0 Å². The zero-order valence-corrected chi connectivity index (χ0v) is 12.2.